The van der Waals surface area contributed by atoms with Gasteiger partial charge in [-0.1, -0.05) is 30.3 Å². The van der Waals surface area contributed by atoms with E-state index < -0.39 is 35.2 Å². The van der Waals surface area contributed by atoms with E-state index in [9.17, 15) is 31.5 Å². The van der Waals surface area contributed by atoms with Crippen LogP contribution < -0.4 is 10.2 Å². The van der Waals surface area contributed by atoms with Gasteiger partial charge in [0.1, 0.15) is 17.3 Å². The average molecular weight is 444 g/mol. The molecule has 0 saturated heterocycles. The maximum Gasteiger partial charge on any atom is 0.416 e. The van der Waals surface area contributed by atoms with Gasteiger partial charge in [0.2, 0.25) is 0 Å². The lowest BCUT2D eigenvalue weighted by molar-refractivity contribution is -0.137. The molecule has 32 heavy (non-hydrogen) atoms. The van der Waals surface area contributed by atoms with Crippen LogP contribution in [0.15, 0.2) is 78.5 Å². The fourth-order valence-corrected chi connectivity index (χ4v) is 3.30. The van der Waals surface area contributed by atoms with Crippen molar-refractivity contribution >= 4 is 28.8 Å². The normalized spacial score (nSPS) is 14.3. The number of rotatable bonds is 4. The third-order valence-electron chi connectivity index (χ3n) is 4.77. The zero-order valence-electron chi connectivity index (χ0n) is 16.1. The number of nitrogens with zero attached hydrogens (tertiary/aromatic N) is 1. The molecule has 1 heterocycles. The molecule has 0 bridgehead atoms. The van der Waals surface area contributed by atoms with Crippen LogP contribution >= 0.6 is 0 Å². The first-order valence-electron chi connectivity index (χ1n) is 9.24. The van der Waals surface area contributed by atoms with E-state index in [-0.39, 0.29) is 28.2 Å². The highest BCUT2D eigenvalue weighted by Gasteiger charge is 2.41. The van der Waals surface area contributed by atoms with Crippen molar-refractivity contribution in [2.45, 2.75) is 6.18 Å². The third-order valence-corrected chi connectivity index (χ3v) is 4.77. The highest BCUT2D eigenvalue weighted by Crippen LogP contribution is 2.36. The van der Waals surface area contributed by atoms with E-state index in [1.165, 1.54) is 36.4 Å². The quantitative estimate of drug-likeness (QED) is 0.434. The summed E-state index contributed by atoms with van der Waals surface area (Å²) in [7, 11) is 0. The molecule has 0 atom stereocenters. The van der Waals surface area contributed by atoms with Crippen LogP contribution in [0.3, 0.4) is 0 Å². The summed E-state index contributed by atoms with van der Waals surface area (Å²) in [6.45, 7) is 0. The van der Waals surface area contributed by atoms with Crippen LogP contribution in [0.4, 0.5) is 33.3 Å². The van der Waals surface area contributed by atoms with E-state index >= 15 is 0 Å². The largest absolute Gasteiger partial charge is 0.416 e. The van der Waals surface area contributed by atoms with Crippen LogP contribution in [0.25, 0.3) is 5.57 Å². The van der Waals surface area contributed by atoms with Gasteiger partial charge in [-0.05, 0) is 48.0 Å². The van der Waals surface area contributed by atoms with Crippen LogP contribution in [-0.2, 0) is 15.8 Å². The molecule has 4 nitrogen and oxygen atoms in total. The summed E-state index contributed by atoms with van der Waals surface area (Å²) in [4.78, 5) is 26.9. The van der Waals surface area contributed by atoms with Gasteiger partial charge in [-0.3, -0.25) is 9.59 Å². The van der Waals surface area contributed by atoms with Gasteiger partial charge in [-0.15, -0.1) is 0 Å². The summed E-state index contributed by atoms with van der Waals surface area (Å²) in [6, 6.07) is 13.8. The van der Waals surface area contributed by atoms with Crippen molar-refractivity contribution in [2.75, 3.05) is 10.2 Å². The van der Waals surface area contributed by atoms with Gasteiger partial charge in [-0.2, -0.15) is 13.2 Å². The zero-order chi connectivity index (χ0) is 23.0. The fourth-order valence-electron chi connectivity index (χ4n) is 3.30. The van der Waals surface area contributed by atoms with Crippen molar-refractivity contribution in [3.63, 3.8) is 0 Å². The highest BCUT2D eigenvalue weighted by molar-refractivity contribution is 6.46. The minimum atomic E-state index is -4.62. The molecule has 0 radical (unpaired) electrons. The number of alkyl halides is 3. The standard InChI is InChI=1S/C23H13F5N2O2/c24-15-10-8-13(9-11-15)19-20(29-16-5-3-4-14(12-16)23(26,27)28)22(32)30(21(19)31)18-7-2-1-6-17(18)25/h1-12,29H. The molecular weight excluding hydrogens is 431 g/mol. The Kier molecular flexibility index (Phi) is 5.25. The second-order valence-electron chi connectivity index (χ2n) is 6.86. The first-order chi connectivity index (χ1) is 15.2. The molecule has 3 aromatic carbocycles. The number of anilines is 2. The molecule has 0 spiro atoms. The van der Waals surface area contributed by atoms with Crippen molar-refractivity contribution in [2.24, 2.45) is 0 Å². The van der Waals surface area contributed by atoms with Crippen molar-refractivity contribution in [1.29, 1.82) is 0 Å². The molecular formula is C23H13F5N2O2. The molecule has 0 aliphatic carbocycles. The zero-order valence-corrected chi connectivity index (χ0v) is 16.1. The molecule has 9 heteroatoms. The first-order valence-corrected chi connectivity index (χ1v) is 9.24. The first kappa shape index (κ1) is 21.2. The summed E-state index contributed by atoms with van der Waals surface area (Å²) < 4.78 is 67.0. The number of hydrogen-bond acceptors (Lipinski definition) is 3. The average Bonchev–Trinajstić information content (AvgIpc) is 2.98. The lowest BCUT2D eigenvalue weighted by atomic mass is 10.0. The molecule has 4 rings (SSSR count). The molecule has 2 amide bonds. The molecule has 1 aliphatic rings. The van der Waals surface area contributed by atoms with E-state index in [1.807, 2.05) is 0 Å². The Hall–Kier alpha value is -4.01. The smallest absolute Gasteiger partial charge is 0.350 e. The minimum absolute atomic E-state index is 0.106. The van der Waals surface area contributed by atoms with Gasteiger partial charge < -0.3 is 5.32 Å². The van der Waals surface area contributed by atoms with Crippen LogP contribution in [0, 0.1) is 11.6 Å². The summed E-state index contributed by atoms with van der Waals surface area (Å²) in [5.74, 6) is -3.30. The Balaban J connectivity index is 1.83. The maximum atomic E-state index is 14.3. The molecule has 0 fully saturated rings. The van der Waals surface area contributed by atoms with E-state index in [4.69, 9.17) is 0 Å². The molecule has 1 aliphatic heterocycles. The molecule has 0 aromatic heterocycles. The number of amides is 2. The Morgan fingerprint density at radius 2 is 1.47 bits per heavy atom. The second kappa shape index (κ2) is 7.92. The number of nitrogens with one attached hydrogen (secondary N) is 1. The summed E-state index contributed by atoms with van der Waals surface area (Å²) >= 11 is 0. The van der Waals surface area contributed by atoms with Gasteiger partial charge in [0.05, 0.1) is 16.8 Å². The van der Waals surface area contributed by atoms with Crippen LogP contribution in [0.2, 0.25) is 0 Å². The SMILES string of the molecule is O=C1C(Nc2cccc(C(F)(F)F)c2)=C(c2ccc(F)cc2)C(=O)N1c1ccccc1F. The number of benzene rings is 3. The van der Waals surface area contributed by atoms with E-state index in [0.717, 1.165) is 36.4 Å². The van der Waals surface area contributed by atoms with E-state index in [2.05, 4.69) is 5.32 Å². The van der Waals surface area contributed by atoms with Gasteiger partial charge in [-0.25, -0.2) is 13.7 Å². The van der Waals surface area contributed by atoms with Gasteiger partial charge >= 0.3 is 6.18 Å². The maximum absolute atomic E-state index is 14.3. The number of carbonyl (C=O) groups is 2. The van der Waals surface area contributed by atoms with Crippen molar-refractivity contribution in [3.8, 4) is 0 Å². The van der Waals surface area contributed by atoms with Crippen molar-refractivity contribution in [3.05, 3.63) is 101 Å². The van der Waals surface area contributed by atoms with E-state index in [0.29, 0.717) is 4.90 Å². The number of carbonyl (C=O) groups excluding carboxylic acids is 2. The number of halogens is 5. The fraction of sp³-hybridized carbons (Fsp3) is 0.0435. The van der Waals surface area contributed by atoms with Crippen LogP contribution in [-0.4, -0.2) is 11.8 Å². The molecule has 3 aromatic rings. The molecule has 0 saturated carbocycles. The Morgan fingerprint density at radius 1 is 0.781 bits per heavy atom. The lowest BCUT2D eigenvalue weighted by Gasteiger charge is -2.16. The molecule has 162 valence electrons. The van der Waals surface area contributed by atoms with Gasteiger partial charge in [0, 0.05) is 5.69 Å². The topological polar surface area (TPSA) is 49.4 Å². The molecule has 1 N–H and O–H groups in total. The van der Waals surface area contributed by atoms with Crippen molar-refractivity contribution < 1.29 is 31.5 Å². The van der Waals surface area contributed by atoms with Gasteiger partial charge in [0.15, 0.2) is 0 Å². The van der Waals surface area contributed by atoms with Crippen LogP contribution in [0.5, 0.6) is 0 Å². The summed E-state index contributed by atoms with van der Waals surface area (Å²) in [6.07, 6.45) is -4.62. The Bertz CT molecular complexity index is 1250. The highest BCUT2D eigenvalue weighted by atomic mass is 19.4. The van der Waals surface area contributed by atoms with Gasteiger partial charge in [0.25, 0.3) is 11.8 Å². The summed E-state index contributed by atoms with van der Waals surface area (Å²) in [5.41, 5.74) is -1.83. The third kappa shape index (κ3) is 3.84. The predicted octanol–water partition coefficient (Wildman–Crippen LogP) is 5.38. The summed E-state index contributed by atoms with van der Waals surface area (Å²) in [5, 5.41) is 2.57. The molecule has 0 unspecified atom stereocenters. The Morgan fingerprint density at radius 3 is 2.12 bits per heavy atom. The number of hydrogen-bond donors (Lipinski definition) is 1. The number of imide groups is 1. The number of para-hydroxylation sites is 1. The minimum Gasteiger partial charge on any atom is -0.350 e. The second-order valence-corrected chi connectivity index (χ2v) is 6.86. The van der Waals surface area contributed by atoms with E-state index in [1.54, 1.807) is 0 Å². The van der Waals surface area contributed by atoms with Crippen molar-refractivity contribution in [1.82, 2.24) is 0 Å². The van der Waals surface area contributed by atoms with Crippen LogP contribution in [0.1, 0.15) is 11.1 Å². The predicted molar refractivity (Wildman–Crippen MR) is 107 cm³/mol. The monoisotopic (exact) mass is 444 g/mol. The lowest BCUT2D eigenvalue weighted by Crippen LogP contribution is -2.33. The Labute approximate surface area is 178 Å².